The number of hydrogen-bond donors (Lipinski definition) is 2. The number of H-pyrrole nitrogens is 1. The van der Waals surface area contributed by atoms with Gasteiger partial charge in [0, 0.05) is 18.9 Å². The summed E-state index contributed by atoms with van der Waals surface area (Å²) in [6.07, 6.45) is 4.32. The van der Waals surface area contributed by atoms with Crippen molar-refractivity contribution in [2.24, 2.45) is 0 Å². The highest BCUT2D eigenvalue weighted by molar-refractivity contribution is 7.89. The second-order valence-corrected chi connectivity index (χ2v) is 6.23. The van der Waals surface area contributed by atoms with Gasteiger partial charge in [0.15, 0.2) is 0 Å². The van der Waals surface area contributed by atoms with Crippen LogP contribution in [0, 0.1) is 6.92 Å². The number of aromatic amines is 1. The van der Waals surface area contributed by atoms with Crippen LogP contribution in [-0.4, -0.2) is 27.1 Å². The van der Waals surface area contributed by atoms with Gasteiger partial charge in [0.2, 0.25) is 10.0 Å². The molecule has 2 rings (SSSR count). The third kappa shape index (κ3) is 3.40. The van der Waals surface area contributed by atoms with Gasteiger partial charge < -0.3 is 9.72 Å². The fourth-order valence-corrected chi connectivity index (χ4v) is 3.23. The molecule has 1 aromatic heterocycles. The molecule has 0 amide bonds. The predicted octanol–water partition coefficient (Wildman–Crippen LogP) is 1.85. The van der Waals surface area contributed by atoms with Crippen molar-refractivity contribution in [1.82, 2.24) is 9.71 Å². The van der Waals surface area contributed by atoms with Crippen LogP contribution in [0.2, 0.25) is 0 Å². The molecule has 0 bridgehead atoms. The van der Waals surface area contributed by atoms with Gasteiger partial charge in [-0.25, -0.2) is 13.1 Å². The van der Waals surface area contributed by atoms with Gasteiger partial charge in [0.1, 0.15) is 5.75 Å². The van der Waals surface area contributed by atoms with Gasteiger partial charge in [-0.05, 0) is 48.7 Å². The Hall–Kier alpha value is -1.79. The molecule has 1 aromatic carbocycles. The molecule has 0 aliphatic heterocycles. The minimum atomic E-state index is -3.48. The Kier molecular flexibility index (Phi) is 4.46. The zero-order chi connectivity index (χ0) is 14.6. The highest BCUT2D eigenvalue weighted by atomic mass is 32.2. The van der Waals surface area contributed by atoms with Gasteiger partial charge in [0.05, 0.1) is 12.0 Å². The normalized spacial score (nSPS) is 11.5. The number of sulfonamides is 1. The number of nitrogens with one attached hydrogen (secondary N) is 2. The number of benzene rings is 1. The summed E-state index contributed by atoms with van der Waals surface area (Å²) in [5.74, 6) is 0.647. The van der Waals surface area contributed by atoms with Crippen molar-refractivity contribution in [3.63, 3.8) is 0 Å². The first-order valence-electron chi connectivity index (χ1n) is 6.29. The molecule has 1 heterocycles. The Balaban J connectivity index is 2.06. The Labute approximate surface area is 119 Å². The summed E-state index contributed by atoms with van der Waals surface area (Å²) >= 11 is 0. The first kappa shape index (κ1) is 14.6. The van der Waals surface area contributed by atoms with Crippen molar-refractivity contribution in [2.45, 2.75) is 18.2 Å². The van der Waals surface area contributed by atoms with Gasteiger partial charge in [0.25, 0.3) is 0 Å². The first-order valence-corrected chi connectivity index (χ1v) is 7.77. The highest BCUT2D eigenvalue weighted by Crippen LogP contribution is 2.20. The van der Waals surface area contributed by atoms with Crippen LogP contribution in [0.1, 0.15) is 11.1 Å². The number of rotatable bonds is 6. The van der Waals surface area contributed by atoms with Crippen LogP contribution in [0.5, 0.6) is 5.75 Å². The predicted molar refractivity (Wildman–Crippen MR) is 77.4 cm³/mol. The fourth-order valence-electron chi connectivity index (χ4n) is 1.97. The molecule has 0 saturated heterocycles. The Bertz CT molecular complexity index is 664. The molecule has 0 spiro atoms. The maximum atomic E-state index is 12.2. The molecule has 0 unspecified atom stereocenters. The van der Waals surface area contributed by atoms with E-state index < -0.39 is 10.0 Å². The Morgan fingerprint density at radius 2 is 2.10 bits per heavy atom. The lowest BCUT2D eigenvalue weighted by atomic mass is 10.2. The van der Waals surface area contributed by atoms with E-state index in [1.165, 1.54) is 0 Å². The second-order valence-electron chi connectivity index (χ2n) is 4.50. The summed E-state index contributed by atoms with van der Waals surface area (Å²) in [7, 11) is -1.93. The number of aromatic nitrogens is 1. The van der Waals surface area contributed by atoms with E-state index in [4.69, 9.17) is 4.74 Å². The molecule has 6 heteroatoms. The lowest BCUT2D eigenvalue weighted by molar-refractivity contribution is 0.414. The van der Waals surface area contributed by atoms with Gasteiger partial charge in [-0.3, -0.25) is 0 Å². The summed E-state index contributed by atoms with van der Waals surface area (Å²) in [5, 5.41) is 0. The van der Waals surface area contributed by atoms with Crippen molar-refractivity contribution in [2.75, 3.05) is 13.7 Å². The van der Waals surface area contributed by atoms with Crippen molar-refractivity contribution in [3.05, 3.63) is 47.8 Å². The summed E-state index contributed by atoms with van der Waals surface area (Å²) in [6.45, 7) is 2.12. The summed E-state index contributed by atoms with van der Waals surface area (Å²) in [5.41, 5.74) is 1.73. The minimum Gasteiger partial charge on any atom is -0.497 e. The number of methoxy groups -OCH3 is 1. The van der Waals surface area contributed by atoms with E-state index in [-0.39, 0.29) is 4.90 Å². The Morgan fingerprint density at radius 1 is 1.30 bits per heavy atom. The van der Waals surface area contributed by atoms with Crippen molar-refractivity contribution >= 4 is 10.0 Å². The van der Waals surface area contributed by atoms with E-state index in [0.717, 1.165) is 5.56 Å². The van der Waals surface area contributed by atoms with Crippen LogP contribution in [-0.2, 0) is 16.4 Å². The molecule has 0 fully saturated rings. The zero-order valence-corrected chi connectivity index (χ0v) is 12.3. The van der Waals surface area contributed by atoms with Gasteiger partial charge in [-0.2, -0.15) is 0 Å². The molecule has 0 atom stereocenters. The average molecular weight is 294 g/mol. The molecule has 2 aromatic rings. The van der Waals surface area contributed by atoms with Crippen LogP contribution in [0.4, 0.5) is 0 Å². The fraction of sp³-hybridized carbons (Fsp3) is 0.286. The topological polar surface area (TPSA) is 71.2 Å². The number of hydrogen-bond acceptors (Lipinski definition) is 3. The van der Waals surface area contributed by atoms with Gasteiger partial charge in [-0.1, -0.05) is 0 Å². The Morgan fingerprint density at radius 3 is 2.70 bits per heavy atom. The van der Waals surface area contributed by atoms with E-state index in [9.17, 15) is 8.42 Å². The van der Waals surface area contributed by atoms with E-state index in [0.29, 0.717) is 24.3 Å². The van der Waals surface area contributed by atoms with Gasteiger partial charge >= 0.3 is 0 Å². The summed E-state index contributed by atoms with van der Waals surface area (Å²) in [4.78, 5) is 3.22. The van der Waals surface area contributed by atoms with Crippen LogP contribution in [0.15, 0.2) is 41.6 Å². The van der Waals surface area contributed by atoms with Gasteiger partial charge in [-0.15, -0.1) is 0 Å². The quantitative estimate of drug-likeness (QED) is 0.854. The molecule has 0 aliphatic rings. The van der Waals surface area contributed by atoms with Crippen LogP contribution >= 0.6 is 0 Å². The lowest BCUT2D eigenvalue weighted by Crippen LogP contribution is -2.26. The SMILES string of the molecule is COc1ccc(S(=O)(=O)NCCc2cc[nH]c2)c(C)c1. The average Bonchev–Trinajstić information content (AvgIpc) is 2.91. The van der Waals surface area contributed by atoms with E-state index in [2.05, 4.69) is 9.71 Å². The molecule has 108 valence electrons. The molecule has 20 heavy (non-hydrogen) atoms. The molecule has 0 radical (unpaired) electrons. The highest BCUT2D eigenvalue weighted by Gasteiger charge is 2.16. The minimum absolute atomic E-state index is 0.285. The van der Waals surface area contributed by atoms with Crippen LogP contribution in [0.25, 0.3) is 0 Å². The largest absolute Gasteiger partial charge is 0.497 e. The summed E-state index contributed by atoms with van der Waals surface area (Å²) < 4.78 is 32.1. The van der Waals surface area contributed by atoms with Crippen molar-refractivity contribution < 1.29 is 13.2 Å². The molecular weight excluding hydrogens is 276 g/mol. The lowest BCUT2D eigenvalue weighted by Gasteiger charge is -2.10. The van der Waals surface area contributed by atoms with E-state index >= 15 is 0 Å². The second kappa shape index (κ2) is 6.11. The van der Waals surface area contributed by atoms with Crippen LogP contribution in [0.3, 0.4) is 0 Å². The number of ether oxygens (including phenoxy) is 1. The maximum absolute atomic E-state index is 12.2. The summed E-state index contributed by atoms with van der Waals surface area (Å²) in [6, 6.07) is 6.84. The molecule has 2 N–H and O–H groups in total. The molecule has 0 saturated carbocycles. The molecule has 0 aliphatic carbocycles. The molecule has 5 nitrogen and oxygen atoms in total. The number of aryl methyl sites for hydroxylation is 1. The van der Waals surface area contributed by atoms with Crippen LogP contribution < -0.4 is 9.46 Å². The maximum Gasteiger partial charge on any atom is 0.240 e. The monoisotopic (exact) mass is 294 g/mol. The zero-order valence-electron chi connectivity index (χ0n) is 11.5. The van der Waals surface area contributed by atoms with Crippen molar-refractivity contribution in [1.29, 1.82) is 0 Å². The smallest absolute Gasteiger partial charge is 0.240 e. The van der Waals surface area contributed by atoms with Crippen molar-refractivity contribution in [3.8, 4) is 5.75 Å². The first-order chi connectivity index (χ1) is 9.53. The third-order valence-corrected chi connectivity index (χ3v) is 4.66. The standard InChI is InChI=1S/C14H18N2O3S/c1-11-9-13(19-2)3-4-14(11)20(17,18)16-8-6-12-5-7-15-10-12/h3-5,7,9-10,15-16H,6,8H2,1-2H3. The van der Waals surface area contributed by atoms with E-state index in [1.54, 1.807) is 32.2 Å². The molecular formula is C14H18N2O3S. The van der Waals surface area contributed by atoms with E-state index in [1.807, 2.05) is 18.5 Å². The third-order valence-electron chi connectivity index (χ3n) is 3.04.